The molecule has 0 saturated heterocycles. The van der Waals surface area contributed by atoms with Crippen LogP contribution in [-0.2, 0) is 22.7 Å². The molecule has 0 aliphatic heterocycles. The molecule has 0 aliphatic rings. The lowest BCUT2D eigenvalue weighted by atomic mass is 10.1. The molecule has 0 heterocycles. The fourth-order valence-electron chi connectivity index (χ4n) is 1.21. The molecule has 6 heteroatoms. The zero-order valence-corrected chi connectivity index (χ0v) is 10.5. The minimum absolute atomic E-state index is 0.303. The number of carboxylic acids is 2. The molecular weight excluding hydrogens is 248 g/mol. The minimum atomic E-state index is -1.27. The number of aliphatic carboxylic acids is 2. The first-order valence-electron chi connectivity index (χ1n) is 5.52. The summed E-state index contributed by atoms with van der Waals surface area (Å²) in [5.41, 5.74) is 12.9. The molecule has 0 radical (unpaired) electrons. The van der Waals surface area contributed by atoms with Crippen LogP contribution < -0.4 is 11.5 Å². The number of carboxylic acid groups (broad SMARTS) is 2. The predicted molar refractivity (Wildman–Crippen MR) is 71.3 cm³/mol. The fourth-order valence-corrected chi connectivity index (χ4v) is 1.21. The van der Waals surface area contributed by atoms with Crippen molar-refractivity contribution in [2.45, 2.75) is 19.5 Å². The highest BCUT2D eigenvalue weighted by Gasteiger charge is 2.07. The second kappa shape index (κ2) is 8.84. The molecule has 0 unspecified atom stereocenters. The van der Waals surface area contributed by atoms with Crippen molar-refractivity contribution in [1.29, 1.82) is 0 Å². The predicted octanol–water partition coefficient (Wildman–Crippen LogP) is 0.706. The van der Waals surface area contributed by atoms with Gasteiger partial charge < -0.3 is 21.7 Å². The van der Waals surface area contributed by atoms with Crippen LogP contribution in [0.2, 0.25) is 0 Å². The van der Waals surface area contributed by atoms with Crippen LogP contribution in [0.1, 0.15) is 17.5 Å². The summed E-state index contributed by atoms with van der Waals surface area (Å²) in [4.78, 5) is 19.7. The van der Waals surface area contributed by atoms with Crippen molar-refractivity contribution >= 4 is 11.9 Å². The van der Waals surface area contributed by atoms with Crippen molar-refractivity contribution in [1.82, 2.24) is 0 Å². The number of benzene rings is 1. The van der Waals surface area contributed by atoms with Gasteiger partial charge in [-0.15, -0.1) is 0 Å². The van der Waals surface area contributed by atoms with Gasteiger partial charge in [0.2, 0.25) is 0 Å². The summed E-state index contributed by atoms with van der Waals surface area (Å²) in [7, 11) is 0. The van der Waals surface area contributed by atoms with E-state index in [9.17, 15) is 9.59 Å². The Hall–Kier alpha value is -2.18. The van der Waals surface area contributed by atoms with Gasteiger partial charge in [-0.05, 0) is 11.1 Å². The number of rotatable bonds is 5. The highest BCUT2D eigenvalue weighted by atomic mass is 16.4. The Kier molecular flexibility index (Phi) is 7.83. The maximum Gasteiger partial charge on any atom is 0.331 e. The SMILES string of the molecule is C=C(CC(=O)O)C(=O)O.NCc1ccccc1CN. The van der Waals surface area contributed by atoms with Gasteiger partial charge in [0, 0.05) is 18.7 Å². The summed E-state index contributed by atoms with van der Waals surface area (Å²) >= 11 is 0. The van der Waals surface area contributed by atoms with Crippen molar-refractivity contribution < 1.29 is 19.8 Å². The smallest absolute Gasteiger partial charge is 0.331 e. The van der Waals surface area contributed by atoms with Crippen LogP contribution >= 0.6 is 0 Å². The largest absolute Gasteiger partial charge is 0.481 e. The summed E-state index contributed by atoms with van der Waals surface area (Å²) in [5.74, 6) is -2.44. The molecule has 0 atom stereocenters. The van der Waals surface area contributed by atoms with Crippen molar-refractivity contribution in [3.8, 4) is 0 Å². The molecule has 1 aromatic carbocycles. The number of hydrogen-bond acceptors (Lipinski definition) is 4. The molecular formula is C13H18N2O4. The molecule has 0 aliphatic carbocycles. The number of hydrogen-bond donors (Lipinski definition) is 4. The fraction of sp³-hybridized carbons (Fsp3) is 0.231. The van der Waals surface area contributed by atoms with Gasteiger partial charge >= 0.3 is 11.9 Å². The Bertz CT molecular complexity index is 435. The van der Waals surface area contributed by atoms with Gasteiger partial charge in [0.25, 0.3) is 0 Å². The van der Waals surface area contributed by atoms with E-state index in [0.717, 1.165) is 11.1 Å². The van der Waals surface area contributed by atoms with Crippen LogP contribution in [0, 0.1) is 0 Å². The molecule has 0 bridgehead atoms. The van der Waals surface area contributed by atoms with Gasteiger partial charge in [-0.3, -0.25) is 4.79 Å². The molecule has 0 amide bonds. The van der Waals surface area contributed by atoms with Crippen LogP contribution in [0.15, 0.2) is 36.4 Å². The van der Waals surface area contributed by atoms with Gasteiger partial charge in [-0.1, -0.05) is 30.8 Å². The average molecular weight is 266 g/mol. The summed E-state index contributed by atoms with van der Waals surface area (Å²) in [6.07, 6.45) is -0.505. The first-order chi connectivity index (χ1) is 8.92. The van der Waals surface area contributed by atoms with Gasteiger partial charge in [-0.25, -0.2) is 4.79 Å². The molecule has 0 fully saturated rings. The van der Waals surface area contributed by atoms with Gasteiger partial charge in [0.1, 0.15) is 0 Å². The maximum atomic E-state index is 9.87. The standard InChI is InChI=1S/C8H12N2.C5H6O4/c9-5-7-3-1-2-4-8(7)6-10;1-3(5(8)9)2-4(6)7/h1-4H,5-6,9-10H2;1-2H2,(H,6,7)(H,8,9). The topological polar surface area (TPSA) is 127 Å². The van der Waals surface area contributed by atoms with Gasteiger partial charge in [-0.2, -0.15) is 0 Å². The van der Waals surface area contributed by atoms with Gasteiger partial charge in [0.15, 0.2) is 0 Å². The van der Waals surface area contributed by atoms with E-state index in [0.29, 0.717) is 13.1 Å². The van der Waals surface area contributed by atoms with Crippen molar-refractivity contribution in [2.24, 2.45) is 11.5 Å². The molecule has 104 valence electrons. The van der Waals surface area contributed by atoms with E-state index < -0.39 is 18.4 Å². The zero-order valence-electron chi connectivity index (χ0n) is 10.5. The Morgan fingerprint density at radius 3 is 1.68 bits per heavy atom. The summed E-state index contributed by atoms with van der Waals surface area (Å²) in [6, 6.07) is 7.95. The summed E-state index contributed by atoms with van der Waals surface area (Å²) in [5, 5.41) is 16.1. The molecule has 0 spiro atoms. The first kappa shape index (κ1) is 16.8. The van der Waals surface area contributed by atoms with E-state index >= 15 is 0 Å². The minimum Gasteiger partial charge on any atom is -0.481 e. The average Bonchev–Trinajstić information content (AvgIpc) is 2.38. The molecule has 0 aromatic heterocycles. The third kappa shape index (κ3) is 6.97. The molecule has 6 N–H and O–H groups in total. The van der Waals surface area contributed by atoms with E-state index in [1.165, 1.54) is 0 Å². The first-order valence-corrected chi connectivity index (χ1v) is 5.52. The molecule has 1 aromatic rings. The van der Waals surface area contributed by atoms with E-state index in [2.05, 4.69) is 6.58 Å². The van der Waals surface area contributed by atoms with Crippen LogP contribution in [0.5, 0.6) is 0 Å². The Morgan fingerprint density at radius 1 is 1.05 bits per heavy atom. The molecule has 19 heavy (non-hydrogen) atoms. The zero-order chi connectivity index (χ0) is 14.8. The summed E-state index contributed by atoms with van der Waals surface area (Å²) in [6.45, 7) is 4.17. The number of nitrogens with two attached hydrogens (primary N) is 2. The molecule has 1 rings (SSSR count). The van der Waals surface area contributed by atoms with E-state index in [1.807, 2.05) is 24.3 Å². The van der Waals surface area contributed by atoms with Crippen molar-refractivity contribution in [3.05, 3.63) is 47.5 Å². The monoisotopic (exact) mass is 266 g/mol. The Labute approximate surface area is 111 Å². The number of carbonyl (C=O) groups is 2. The van der Waals surface area contributed by atoms with Crippen molar-refractivity contribution in [2.75, 3.05) is 0 Å². The van der Waals surface area contributed by atoms with E-state index in [1.54, 1.807) is 0 Å². The van der Waals surface area contributed by atoms with Crippen LogP contribution in [0.3, 0.4) is 0 Å². The Balaban J connectivity index is 0.000000344. The van der Waals surface area contributed by atoms with E-state index in [4.69, 9.17) is 21.7 Å². The van der Waals surface area contributed by atoms with Crippen LogP contribution in [-0.4, -0.2) is 22.2 Å². The summed E-state index contributed by atoms with van der Waals surface area (Å²) < 4.78 is 0. The second-order valence-corrected chi connectivity index (χ2v) is 3.66. The highest BCUT2D eigenvalue weighted by Crippen LogP contribution is 2.05. The second-order valence-electron chi connectivity index (χ2n) is 3.66. The quantitative estimate of drug-likeness (QED) is 0.581. The third-order valence-electron chi connectivity index (χ3n) is 2.23. The highest BCUT2D eigenvalue weighted by molar-refractivity contribution is 5.91. The maximum absolute atomic E-state index is 9.87. The Morgan fingerprint density at radius 2 is 1.47 bits per heavy atom. The molecule has 6 nitrogen and oxygen atoms in total. The lowest BCUT2D eigenvalue weighted by molar-refractivity contribution is -0.139. The molecule has 0 saturated carbocycles. The van der Waals surface area contributed by atoms with Crippen molar-refractivity contribution in [3.63, 3.8) is 0 Å². The third-order valence-corrected chi connectivity index (χ3v) is 2.23. The lowest BCUT2D eigenvalue weighted by Gasteiger charge is -2.02. The van der Waals surface area contributed by atoms with Crippen LogP contribution in [0.4, 0.5) is 0 Å². The van der Waals surface area contributed by atoms with E-state index in [-0.39, 0.29) is 5.57 Å². The van der Waals surface area contributed by atoms with Crippen LogP contribution in [0.25, 0.3) is 0 Å². The van der Waals surface area contributed by atoms with Gasteiger partial charge in [0.05, 0.1) is 6.42 Å². The lowest BCUT2D eigenvalue weighted by Crippen LogP contribution is -2.05. The normalized spacial score (nSPS) is 9.16.